The predicted molar refractivity (Wildman–Crippen MR) is 75.9 cm³/mol. The van der Waals surface area contributed by atoms with Crippen LogP contribution in [0.1, 0.15) is 16.1 Å². The van der Waals surface area contributed by atoms with Crippen LogP contribution < -0.4 is 5.32 Å². The van der Waals surface area contributed by atoms with E-state index in [9.17, 15) is 14.3 Å². The number of aromatic nitrogens is 2. The lowest BCUT2D eigenvalue weighted by molar-refractivity contribution is 0.0690. The van der Waals surface area contributed by atoms with Gasteiger partial charge in [0.1, 0.15) is 11.5 Å². The zero-order valence-corrected chi connectivity index (χ0v) is 11.0. The maximum absolute atomic E-state index is 12.9. The van der Waals surface area contributed by atoms with Gasteiger partial charge < -0.3 is 10.4 Å². The summed E-state index contributed by atoms with van der Waals surface area (Å²) < 4.78 is 14.4. The molecule has 0 atom stereocenters. The molecule has 0 fully saturated rings. The van der Waals surface area contributed by atoms with E-state index >= 15 is 0 Å². The molecule has 0 amide bonds. The fraction of sp³-hybridized carbons (Fsp3) is 0.0667. The Kier molecular flexibility index (Phi) is 3.27. The molecule has 5 nitrogen and oxygen atoms in total. The molecule has 2 N–H and O–H groups in total. The number of hydrogen-bond donors (Lipinski definition) is 2. The molecule has 3 aromatic rings. The Hall–Kier alpha value is -2.89. The minimum atomic E-state index is -1.04. The van der Waals surface area contributed by atoms with Gasteiger partial charge in [0.25, 0.3) is 0 Å². The third kappa shape index (κ3) is 2.55. The van der Waals surface area contributed by atoms with Crippen molar-refractivity contribution in [3.8, 4) is 0 Å². The van der Waals surface area contributed by atoms with Crippen LogP contribution in [-0.4, -0.2) is 20.5 Å². The lowest BCUT2D eigenvalue weighted by Crippen LogP contribution is -2.11. The van der Waals surface area contributed by atoms with Crippen LogP contribution in [0.4, 0.5) is 10.1 Å². The van der Waals surface area contributed by atoms with Gasteiger partial charge in [-0.05, 0) is 29.8 Å². The monoisotopic (exact) mass is 285 g/mol. The summed E-state index contributed by atoms with van der Waals surface area (Å²) in [5.74, 6) is -1.34. The van der Waals surface area contributed by atoms with Crippen molar-refractivity contribution >= 4 is 17.3 Å². The summed E-state index contributed by atoms with van der Waals surface area (Å²) in [6.07, 6.45) is 3.15. The number of benzene rings is 1. The molecule has 0 radical (unpaired) electrons. The lowest BCUT2D eigenvalue weighted by atomic mass is 10.2. The minimum absolute atomic E-state index is 0.118. The number of rotatable bonds is 4. The van der Waals surface area contributed by atoms with Crippen LogP contribution in [0.3, 0.4) is 0 Å². The van der Waals surface area contributed by atoms with Crippen LogP contribution in [0, 0.1) is 5.82 Å². The van der Waals surface area contributed by atoms with Crippen molar-refractivity contribution in [2.45, 2.75) is 6.54 Å². The fourth-order valence-electron chi connectivity index (χ4n) is 2.15. The van der Waals surface area contributed by atoms with E-state index in [4.69, 9.17) is 0 Å². The average molecular weight is 285 g/mol. The van der Waals surface area contributed by atoms with Crippen LogP contribution in [0.5, 0.6) is 0 Å². The molecule has 6 heteroatoms. The fourth-order valence-corrected chi connectivity index (χ4v) is 2.15. The molecule has 0 bridgehead atoms. The van der Waals surface area contributed by atoms with E-state index in [2.05, 4.69) is 10.3 Å². The van der Waals surface area contributed by atoms with Crippen molar-refractivity contribution in [2.75, 3.05) is 5.32 Å². The van der Waals surface area contributed by atoms with Gasteiger partial charge in [-0.3, -0.25) is 4.40 Å². The van der Waals surface area contributed by atoms with Crippen molar-refractivity contribution in [2.24, 2.45) is 0 Å². The summed E-state index contributed by atoms with van der Waals surface area (Å²) >= 11 is 0. The Bertz CT molecular complexity index is 796. The number of fused-ring (bicyclic) bond motifs is 1. The highest BCUT2D eigenvalue weighted by Gasteiger charge is 2.14. The number of anilines is 1. The summed E-state index contributed by atoms with van der Waals surface area (Å²) in [6, 6.07) is 9.45. The molecule has 3 rings (SSSR count). The molecule has 0 unspecified atom stereocenters. The molecule has 0 aliphatic heterocycles. The molecule has 1 aromatic carbocycles. The van der Waals surface area contributed by atoms with Crippen LogP contribution in [0.15, 0.2) is 48.8 Å². The Balaban J connectivity index is 1.91. The standard InChI is InChI=1S/C15H12FN3O2/c16-11-3-1-10(2-4-11)9-18-12-5-6-13-17-7-8-19(13)14(12)15(20)21/h1-8,18H,9H2,(H,20,21). The first-order valence-corrected chi connectivity index (χ1v) is 6.33. The second-order valence-corrected chi connectivity index (χ2v) is 4.54. The highest BCUT2D eigenvalue weighted by molar-refractivity contribution is 5.93. The largest absolute Gasteiger partial charge is 0.476 e. The smallest absolute Gasteiger partial charge is 0.355 e. The Morgan fingerprint density at radius 2 is 2.00 bits per heavy atom. The van der Waals surface area contributed by atoms with Gasteiger partial charge in [-0.2, -0.15) is 0 Å². The maximum Gasteiger partial charge on any atom is 0.355 e. The lowest BCUT2D eigenvalue weighted by Gasteiger charge is -2.11. The van der Waals surface area contributed by atoms with E-state index in [0.29, 0.717) is 17.9 Å². The van der Waals surface area contributed by atoms with E-state index in [1.807, 2.05) is 0 Å². The number of hydrogen-bond acceptors (Lipinski definition) is 3. The molecule has 0 saturated heterocycles. The zero-order chi connectivity index (χ0) is 14.8. The summed E-state index contributed by atoms with van der Waals surface area (Å²) in [6.45, 7) is 0.404. The molecule has 0 aliphatic rings. The Morgan fingerprint density at radius 1 is 1.24 bits per heavy atom. The molecule has 106 valence electrons. The number of carboxylic acids is 1. The average Bonchev–Trinajstić information content (AvgIpc) is 2.94. The molecule has 0 spiro atoms. The maximum atomic E-state index is 12.9. The topological polar surface area (TPSA) is 66.6 Å². The van der Waals surface area contributed by atoms with E-state index in [-0.39, 0.29) is 11.5 Å². The molecular weight excluding hydrogens is 273 g/mol. The van der Waals surface area contributed by atoms with Crippen molar-refractivity contribution in [3.63, 3.8) is 0 Å². The number of aromatic carboxylic acids is 1. The van der Waals surface area contributed by atoms with E-state index in [1.165, 1.54) is 16.5 Å². The van der Waals surface area contributed by atoms with Gasteiger partial charge in [-0.25, -0.2) is 14.2 Å². The molecule has 2 aromatic heterocycles. The second kappa shape index (κ2) is 5.24. The van der Waals surface area contributed by atoms with Gasteiger partial charge in [0.2, 0.25) is 0 Å². The number of imidazole rings is 1. The van der Waals surface area contributed by atoms with Gasteiger partial charge in [-0.1, -0.05) is 12.1 Å². The van der Waals surface area contributed by atoms with Crippen molar-refractivity contribution in [1.82, 2.24) is 9.38 Å². The molecule has 0 aliphatic carbocycles. The van der Waals surface area contributed by atoms with E-state index < -0.39 is 5.97 Å². The number of nitrogens with one attached hydrogen (secondary N) is 1. The molecular formula is C15H12FN3O2. The minimum Gasteiger partial charge on any atom is -0.476 e. The van der Waals surface area contributed by atoms with Gasteiger partial charge >= 0.3 is 5.97 Å². The Labute approximate surface area is 119 Å². The first-order chi connectivity index (χ1) is 10.1. The second-order valence-electron chi connectivity index (χ2n) is 4.54. The number of carboxylic acid groups (broad SMARTS) is 1. The van der Waals surface area contributed by atoms with Crippen LogP contribution >= 0.6 is 0 Å². The van der Waals surface area contributed by atoms with Crippen LogP contribution in [0.25, 0.3) is 5.65 Å². The third-order valence-corrected chi connectivity index (χ3v) is 3.16. The third-order valence-electron chi connectivity index (χ3n) is 3.16. The SMILES string of the molecule is O=C(O)c1c(NCc2ccc(F)cc2)ccc2nccn12. The van der Waals surface area contributed by atoms with Crippen LogP contribution in [-0.2, 0) is 6.54 Å². The molecule has 21 heavy (non-hydrogen) atoms. The number of pyridine rings is 1. The quantitative estimate of drug-likeness (QED) is 0.773. The van der Waals surface area contributed by atoms with Crippen molar-refractivity contribution < 1.29 is 14.3 Å². The van der Waals surface area contributed by atoms with Crippen molar-refractivity contribution in [1.29, 1.82) is 0 Å². The predicted octanol–water partition coefficient (Wildman–Crippen LogP) is 2.78. The van der Waals surface area contributed by atoms with Gasteiger partial charge in [0.15, 0.2) is 5.69 Å². The van der Waals surface area contributed by atoms with Gasteiger partial charge in [-0.15, -0.1) is 0 Å². The number of nitrogens with zero attached hydrogens (tertiary/aromatic N) is 2. The first-order valence-electron chi connectivity index (χ1n) is 6.33. The zero-order valence-electron chi connectivity index (χ0n) is 11.0. The van der Waals surface area contributed by atoms with E-state index in [1.54, 1.807) is 36.7 Å². The summed E-state index contributed by atoms with van der Waals surface area (Å²) in [5.41, 5.74) is 2.03. The van der Waals surface area contributed by atoms with E-state index in [0.717, 1.165) is 5.56 Å². The summed E-state index contributed by atoms with van der Waals surface area (Å²) in [5, 5.41) is 12.4. The summed E-state index contributed by atoms with van der Waals surface area (Å²) in [4.78, 5) is 15.5. The number of carbonyl (C=O) groups is 1. The Morgan fingerprint density at radius 3 is 2.71 bits per heavy atom. The normalized spacial score (nSPS) is 10.7. The first kappa shape index (κ1) is 13.1. The number of halogens is 1. The molecule has 0 saturated carbocycles. The highest BCUT2D eigenvalue weighted by Crippen LogP contribution is 2.19. The van der Waals surface area contributed by atoms with Crippen LogP contribution in [0.2, 0.25) is 0 Å². The summed E-state index contributed by atoms with van der Waals surface area (Å²) in [7, 11) is 0. The van der Waals surface area contributed by atoms with Crippen molar-refractivity contribution in [3.05, 3.63) is 65.9 Å². The van der Waals surface area contributed by atoms with Gasteiger partial charge in [0, 0.05) is 18.9 Å². The van der Waals surface area contributed by atoms with Gasteiger partial charge in [0.05, 0.1) is 5.69 Å². The highest BCUT2D eigenvalue weighted by atomic mass is 19.1. The molecule has 2 heterocycles.